The fourth-order valence-electron chi connectivity index (χ4n) is 1.86. The molecular weight excluding hydrogens is 204 g/mol. The van der Waals surface area contributed by atoms with Crippen molar-refractivity contribution in [2.75, 3.05) is 32.7 Å². The van der Waals surface area contributed by atoms with Crippen LogP contribution in [0.2, 0.25) is 0 Å². The van der Waals surface area contributed by atoms with Gasteiger partial charge in [0.15, 0.2) is 0 Å². The van der Waals surface area contributed by atoms with Crippen molar-refractivity contribution in [2.45, 2.75) is 33.3 Å². The van der Waals surface area contributed by atoms with Gasteiger partial charge in [-0.1, -0.05) is 13.8 Å². The molecule has 1 unspecified atom stereocenters. The highest BCUT2D eigenvalue weighted by Gasteiger charge is 2.29. The van der Waals surface area contributed by atoms with Crippen molar-refractivity contribution >= 4 is 5.91 Å². The van der Waals surface area contributed by atoms with E-state index in [4.69, 9.17) is 0 Å². The van der Waals surface area contributed by atoms with Gasteiger partial charge in [0.05, 0.1) is 5.60 Å². The molecule has 0 aromatic carbocycles. The van der Waals surface area contributed by atoms with E-state index in [1.165, 1.54) is 0 Å². The molecule has 1 atom stereocenters. The molecule has 0 radical (unpaired) electrons. The second-order valence-electron chi connectivity index (χ2n) is 5.29. The van der Waals surface area contributed by atoms with Crippen LogP contribution in [0, 0.1) is 5.92 Å². The molecule has 1 heterocycles. The maximum absolute atomic E-state index is 11.2. The molecule has 94 valence electrons. The van der Waals surface area contributed by atoms with E-state index in [0.29, 0.717) is 6.54 Å². The van der Waals surface area contributed by atoms with Crippen LogP contribution in [0.25, 0.3) is 0 Å². The van der Waals surface area contributed by atoms with Crippen LogP contribution >= 0.6 is 0 Å². The molecule has 1 N–H and O–H groups in total. The first-order valence-corrected chi connectivity index (χ1v) is 6.03. The quantitative estimate of drug-likeness (QED) is 0.767. The van der Waals surface area contributed by atoms with Gasteiger partial charge < -0.3 is 10.0 Å². The van der Waals surface area contributed by atoms with Gasteiger partial charge in [-0.25, -0.2) is 0 Å². The number of hydrogen-bond donors (Lipinski definition) is 1. The van der Waals surface area contributed by atoms with Crippen molar-refractivity contribution in [3.8, 4) is 0 Å². The molecule has 0 aromatic heterocycles. The van der Waals surface area contributed by atoms with E-state index in [-0.39, 0.29) is 11.8 Å². The van der Waals surface area contributed by atoms with Gasteiger partial charge >= 0.3 is 0 Å². The summed E-state index contributed by atoms with van der Waals surface area (Å²) in [5, 5.41) is 10.2. The van der Waals surface area contributed by atoms with E-state index in [1.807, 2.05) is 25.7 Å². The summed E-state index contributed by atoms with van der Waals surface area (Å²) in [5.41, 5.74) is -0.640. The van der Waals surface area contributed by atoms with E-state index < -0.39 is 5.60 Å². The van der Waals surface area contributed by atoms with Gasteiger partial charge in [0, 0.05) is 39.6 Å². The van der Waals surface area contributed by atoms with Crippen molar-refractivity contribution in [3.63, 3.8) is 0 Å². The van der Waals surface area contributed by atoms with E-state index in [9.17, 15) is 9.90 Å². The van der Waals surface area contributed by atoms with Crippen LogP contribution in [-0.2, 0) is 4.79 Å². The minimum atomic E-state index is -0.640. The SMILES string of the molecule is CC(=O)N1CCN(CC(C)(O)C(C)C)CC1. The number of carbonyl (C=O) groups is 1. The smallest absolute Gasteiger partial charge is 0.219 e. The zero-order valence-electron chi connectivity index (χ0n) is 10.9. The highest BCUT2D eigenvalue weighted by atomic mass is 16.3. The first-order chi connectivity index (χ1) is 7.33. The van der Waals surface area contributed by atoms with Crippen LogP contribution in [0.4, 0.5) is 0 Å². The first kappa shape index (κ1) is 13.5. The molecule has 0 spiro atoms. The summed E-state index contributed by atoms with van der Waals surface area (Å²) in [4.78, 5) is 15.3. The third kappa shape index (κ3) is 3.46. The molecule has 4 nitrogen and oxygen atoms in total. The Morgan fingerprint density at radius 1 is 1.31 bits per heavy atom. The minimum absolute atomic E-state index is 0.148. The van der Waals surface area contributed by atoms with E-state index in [2.05, 4.69) is 4.90 Å². The number of hydrogen-bond acceptors (Lipinski definition) is 3. The Kier molecular flexibility index (Phi) is 4.33. The summed E-state index contributed by atoms with van der Waals surface area (Å²) < 4.78 is 0. The third-order valence-electron chi connectivity index (χ3n) is 3.61. The topological polar surface area (TPSA) is 43.8 Å². The van der Waals surface area contributed by atoms with Gasteiger partial charge in [0.1, 0.15) is 0 Å². The third-order valence-corrected chi connectivity index (χ3v) is 3.61. The van der Waals surface area contributed by atoms with Crippen LogP contribution in [0.3, 0.4) is 0 Å². The highest BCUT2D eigenvalue weighted by molar-refractivity contribution is 5.73. The molecule has 1 aliphatic rings. The zero-order valence-corrected chi connectivity index (χ0v) is 10.9. The van der Waals surface area contributed by atoms with Gasteiger partial charge in [-0.15, -0.1) is 0 Å². The van der Waals surface area contributed by atoms with E-state index in [1.54, 1.807) is 6.92 Å². The Balaban J connectivity index is 2.40. The highest BCUT2D eigenvalue weighted by Crippen LogP contribution is 2.18. The van der Waals surface area contributed by atoms with E-state index >= 15 is 0 Å². The molecule has 4 heteroatoms. The van der Waals surface area contributed by atoms with Crippen LogP contribution in [-0.4, -0.2) is 59.1 Å². The molecule has 1 fully saturated rings. The number of β-amino-alcohol motifs (C(OH)–C–C–N with tert-alkyl or cyclic N) is 1. The van der Waals surface area contributed by atoms with Crippen LogP contribution in [0.15, 0.2) is 0 Å². The van der Waals surface area contributed by atoms with Gasteiger partial charge in [-0.05, 0) is 12.8 Å². The second kappa shape index (κ2) is 5.15. The van der Waals surface area contributed by atoms with E-state index in [0.717, 1.165) is 26.2 Å². The molecule has 1 saturated heterocycles. The van der Waals surface area contributed by atoms with Gasteiger partial charge in [0.25, 0.3) is 0 Å². The summed E-state index contributed by atoms with van der Waals surface area (Å²) in [7, 11) is 0. The Bertz CT molecular complexity index is 243. The maximum atomic E-state index is 11.2. The molecule has 0 bridgehead atoms. The average molecular weight is 228 g/mol. The van der Waals surface area contributed by atoms with Crippen molar-refractivity contribution in [1.82, 2.24) is 9.80 Å². The maximum Gasteiger partial charge on any atom is 0.219 e. The zero-order chi connectivity index (χ0) is 12.3. The Hall–Kier alpha value is -0.610. The molecule has 1 amide bonds. The van der Waals surface area contributed by atoms with Crippen LogP contribution < -0.4 is 0 Å². The molecule has 0 aliphatic carbocycles. The van der Waals surface area contributed by atoms with Crippen molar-refractivity contribution < 1.29 is 9.90 Å². The Labute approximate surface area is 98.2 Å². The molecular formula is C12H24N2O2. The monoisotopic (exact) mass is 228 g/mol. The lowest BCUT2D eigenvalue weighted by Crippen LogP contribution is -2.53. The van der Waals surface area contributed by atoms with Gasteiger partial charge in [0.2, 0.25) is 5.91 Å². The lowest BCUT2D eigenvalue weighted by atomic mass is 9.92. The minimum Gasteiger partial charge on any atom is -0.389 e. The largest absolute Gasteiger partial charge is 0.389 e. The summed E-state index contributed by atoms with van der Waals surface area (Å²) >= 11 is 0. The predicted molar refractivity (Wildman–Crippen MR) is 64.2 cm³/mol. The molecule has 0 aromatic rings. The Morgan fingerprint density at radius 2 is 1.81 bits per heavy atom. The first-order valence-electron chi connectivity index (χ1n) is 6.03. The van der Waals surface area contributed by atoms with Crippen molar-refractivity contribution in [3.05, 3.63) is 0 Å². The van der Waals surface area contributed by atoms with Crippen LogP contribution in [0.5, 0.6) is 0 Å². The number of nitrogens with zero attached hydrogens (tertiary/aromatic N) is 2. The lowest BCUT2D eigenvalue weighted by Gasteiger charge is -2.39. The summed E-state index contributed by atoms with van der Waals surface area (Å²) in [6, 6.07) is 0. The summed E-state index contributed by atoms with van der Waals surface area (Å²) in [6.07, 6.45) is 0. The number of piperazine rings is 1. The fraction of sp³-hybridized carbons (Fsp3) is 0.917. The fourth-order valence-corrected chi connectivity index (χ4v) is 1.86. The standard InChI is InChI=1S/C12H24N2O2/c1-10(2)12(4,16)9-13-5-7-14(8-6-13)11(3)15/h10,16H,5-9H2,1-4H3. The average Bonchev–Trinajstić information content (AvgIpc) is 2.17. The number of rotatable bonds is 3. The number of aliphatic hydroxyl groups is 1. The summed E-state index contributed by atoms with van der Waals surface area (Å²) in [5.74, 6) is 0.397. The van der Waals surface area contributed by atoms with Crippen LogP contribution in [0.1, 0.15) is 27.7 Å². The lowest BCUT2D eigenvalue weighted by molar-refractivity contribution is -0.131. The molecule has 16 heavy (non-hydrogen) atoms. The second-order valence-corrected chi connectivity index (χ2v) is 5.29. The molecule has 1 rings (SSSR count). The predicted octanol–water partition coefficient (Wildman–Crippen LogP) is 0.557. The molecule has 1 aliphatic heterocycles. The molecule has 0 saturated carbocycles. The number of amides is 1. The Morgan fingerprint density at radius 3 is 2.19 bits per heavy atom. The van der Waals surface area contributed by atoms with Gasteiger partial charge in [-0.2, -0.15) is 0 Å². The van der Waals surface area contributed by atoms with Crippen molar-refractivity contribution in [1.29, 1.82) is 0 Å². The normalized spacial score (nSPS) is 22.2. The summed E-state index contributed by atoms with van der Waals surface area (Å²) in [6.45, 7) is 11.5. The number of carbonyl (C=O) groups excluding carboxylic acids is 1. The van der Waals surface area contributed by atoms with Crippen molar-refractivity contribution in [2.24, 2.45) is 5.92 Å². The van der Waals surface area contributed by atoms with Gasteiger partial charge in [-0.3, -0.25) is 9.69 Å².